The monoisotopic (exact) mass is 351 g/mol. The number of carbonyl (C=O) groups excluding carboxylic acids is 1. The number of amides is 1. The molecule has 1 aliphatic carbocycles. The minimum atomic E-state index is -3.47. The number of benzene rings is 1. The molecular weight excluding hydrogens is 326 g/mol. The molecular formula is C17H25N3O3S. The number of nitrogens with one attached hydrogen (secondary N) is 1. The molecule has 3 rings (SSSR count). The number of aryl methyl sites for hydroxylation is 2. The van der Waals surface area contributed by atoms with E-state index in [4.69, 9.17) is 0 Å². The average molecular weight is 351 g/mol. The summed E-state index contributed by atoms with van der Waals surface area (Å²) in [5, 5.41) is 2.97. The van der Waals surface area contributed by atoms with E-state index in [1.165, 1.54) is 4.31 Å². The molecule has 24 heavy (non-hydrogen) atoms. The zero-order valence-electron chi connectivity index (χ0n) is 14.3. The van der Waals surface area contributed by atoms with Crippen LogP contribution in [0.4, 0.5) is 0 Å². The van der Waals surface area contributed by atoms with Crippen molar-refractivity contribution in [3.63, 3.8) is 0 Å². The van der Waals surface area contributed by atoms with Crippen LogP contribution in [0.25, 0.3) is 0 Å². The summed E-state index contributed by atoms with van der Waals surface area (Å²) in [6, 6.07) is 5.87. The molecule has 1 heterocycles. The summed E-state index contributed by atoms with van der Waals surface area (Å²) in [6.45, 7) is 6.09. The van der Waals surface area contributed by atoms with E-state index in [9.17, 15) is 13.2 Å². The molecule has 1 aliphatic heterocycles. The van der Waals surface area contributed by atoms with Crippen molar-refractivity contribution in [2.24, 2.45) is 0 Å². The molecule has 0 spiro atoms. The summed E-state index contributed by atoms with van der Waals surface area (Å²) in [7, 11) is -3.47. The molecule has 2 fully saturated rings. The molecule has 1 saturated carbocycles. The predicted octanol–water partition coefficient (Wildman–Crippen LogP) is 0.888. The first-order valence-electron chi connectivity index (χ1n) is 8.45. The second-order valence-corrected chi connectivity index (χ2v) is 8.70. The molecule has 1 saturated heterocycles. The summed E-state index contributed by atoms with van der Waals surface area (Å²) in [4.78, 5) is 14.3. The van der Waals surface area contributed by atoms with Crippen molar-refractivity contribution in [1.29, 1.82) is 0 Å². The Labute approximate surface area is 143 Å². The van der Waals surface area contributed by atoms with Crippen molar-refractivity contribution in [2.75, 3.05) is 32.7 Å². The van der Waals surface area contributed by atoms with Gasteiger partial charge in [0.15, 0.2) is 0 Å². The molecule has 6 nitrogen and oxygen atoms in total. The van der Waals surface area contributed by atoms with Gasteiger partial charge in [-0.25, -0.2) is 8.42 Å². The summed E-state index contributed by atoms with van der Waals surface area (Å²) >= 11 is 0. The molecule has 0 aromatic heterocycles. The average Bonchev–Trinajstić information content (AvgIpc) is 3.34. The van der Waals surface area contributed by atoms with E-state index in [-0.39, 0.29) is 5.91 Å². The zero-order chi connectivity index (χ0) is 17.3. The first kappa shape index (κ1) is 17.4. The number of sulfonamides is 1. The van der Waals surface area contributed by atoms with Gasteiger partial charge < -0.3 is 5.32 Å². The van der Waals surface area contributed by atoms with Gasteiger partial charge in [0.05, 0.1) is 11.4 Å². The van der Waals surface area contributed by atoms with Crippen LogP contribution >= 0.6 is 0 Å². The standard InChI is InChI=1S/C17H25N3O3S/c1-13-3-4-14(2)16(11-13)24(22,23)20-9-7-19(8-10-20)12-17(21)18-15-5-6-15/h3-4,11,15H,5-10,12H2,1-2H3,(H,18,21). The third-order valence-corrected chi connectivity index (χ3v) is 6.64. The Hall–Kier alpha value is -1.44. The van der Waals surface area contributed by atoms with Crippen LogP contribution in [0, 0.1) is 13.8 Å². The van der Waals surface area contributed by atoms with E-state index in [0.717, 1.165) is 24.0 Å². The lowest BCUT2D eigenvalue weighted by molar-refractivity contribution is -0.122. The lowest BCUT2D eigenvalue weighted by Gasteiger charge is -2.33. The van der Waals surface area contributed by atoms with E-state index < -0.39 is 10.0 Å². The van der Waals surface area contributed by atoms with Crippen LogP contribution in [0.1, 0.15) is 24.0 Å². The number of nitrogens with zero attached hydrogens (tertiary/aromatic N) is 2. The third-order valence-electron chi connectivity index (χ3n) is 4.60. The fourth-order valence-corrected chi connectivity index (χ4v) is 4.69. The molecule has 1 aromatic rings. The third kappa shape index (κ3) is 3.96. The van der Waals surface area contributed by atoms with Gasteiger partial charge in [-0.3, -0.25) is 9.69 Å². The largest absolute Gasteiger partial charge is 0.352 e. The Morgan fingerprint density at radius 3 is 2.46 bits per heavy atom. The maximum atomic E-state index is 12.9. The van der Waals surface area contributed by atoms with Crippen molar-refractivity contribution in [3.05, 3.63) is 29.3 Å². The maximum absolute atomic E-state index is 12.9. The van der Waals surface area contributed by atoms with Gasteiger partial charge in [-0.1, -0.05) is 12.1 Å². The van der Waals surface area contributed by atoms with E-state index in [1.54, 1.807) is 6.07 Å². The van der Waals surface area contributed by atoms with Gasteiger partial charge in [-0.05, 0) is 43.9 Å². The summed E-state index contributed by atoms with van der Waals surface area (Å²) in [6.07, 6.45) is 2.15. The van der Waals surface area contributed by atoms with Gasteiger partial charge in [-0.15, -0.1) is 0 Å². The highest BCUT2D eigenvalue weighted by molar-refractivity contribution is 7.89. The van der Waals surface area contributed by atoms with Gasteiger partial charge in [0.25, 0.3) is 0 Å². The number of hydrogen-bond donors (Lipinski definition) is 1. The van der Waals surface area contributed by atoms with Crippen molar-refractivity contribution < 1.29 is 13.2 Å². The van der Waals surface area contributed by atoms with Crippen molar-refractivity contribution >= 4 is 15.9 Å². The predicted molar refractivity (Wildman–Crippen MR) is 92.3 cm³/mol. The molecule has 0 radical (unpaired) electrons. The minimum absolute atomic E-state index is 0.0448. The van der Waals surface area contributed by atoms with Crippen molar-refractivity contribution in [1.82, 2.24) is 14.5 Å². The summed E-state index contributed by atoms with van der Waals surface area (Å²) < 4.78 is 27.3. The molecule has 2 aliphatic rings. The first-order valence-corrected chi connectivity index (χ1v) is 9.89. The highest BCUT2D eigenvalue weighted by Gasteiger charge is 2.31. The second-order valence-electron chi connectivity index (χ2n) is 6.79. The lowest BCUT2D eigenvalue weighted by atomic mass is 10.2. The Morgan fingerprint density at radius 1 is 1.17 bits per heavy atom. The SMILES string of the molecule is Cc1ccc(C)c(S(=O)(=O)N2CCN(CC(=O)NC3CC3)CC2)c1. The van der Waals surface area contributed by atoms with E-state index in [0.29, 0.717) is 43.7 Å². The van der Waals surface area contributed by atoms with Gasteiger partial charge in [-0.2, -0.15) is 4.31 Å². The summed E-state index contributed by atoms with van der Waals surface area (Å²) in [5.41, 5.74) is 1.71. The van der Waals surface area contributed by atoms with Crippen molar-refractivity contribution in [3.8, 4) is 0 Å². The van der Waals surface area contributed by atoms with Crippen molar-refractivity contribution in [2.45, 2.75) is 37.6 Å². The Morgan fingerprint density at radius 2 is 1.83 bits per heavy atom. The molecule has 1 amide bonds. The summed E-state index contributed by atoms with van der Waals surface area (Å²) in [5.74, 6) is 0.0448. The van der Waals surface area contributed by atoms with Crippen LogP contribution in [-0.4, -0.2) is 62.3 Å². The van der Waals surface area contributed by atoms with E-state index >= 15 is 0 Å². The fourth-order valence-electron chi connectivity index (χ4n) is 2.96. The van der Waals surface area contributed by atoms with Gasteiger partial charge in [0, 0.05) is 32.2 Å². The smallest absolute Gasteiger partial charge is 0.243 e. The Balaban J connectivity index is 1.60. The van der Waals surface area contributed by atoms with Crippen LogP contribution < -0.4 is 5.32 Å². The number of piperazine rings is 1. The maximum Gasteiger partial charge on any atom is 0.243 e. The van der Waals surface area contributed by atoms with Crippen LogP contribution in [0.2, 0.25) is 0 Å². The van der Waals surface area contributed by atoms with Gasteiger partial charge >= 0.3 is 0 Å². The number of hydrogen-bond acceptors (Lipinski definition) is 4. The number of carbonyl (C=O) groups is 1. The Kier molecular flexibility index (Phi) is 4.94. The van der Waals surface area contributed by atoms with Crippen LogP contribution in [0.15, 0.2) is 23.1 Å². The Bertz CT molecular complexity index is 721. The molecule has 1 aromatic carbocycles. The molecule has 1 N–H and O–H groups in total. The van der Waals surface area contributed by atoms with Gasteiger partial charge in [0.2, 0.25) is 15.9 Å². The highest BCUT2D eigenvalue weighted by Crippen LogP contribution is 2.22. The second kappa shape index (κ2) is 6.82. The van der Waals surface area contributed by atoms with Crippen LogP contribution in [0.3, 0.4) is 0 Å². The fraction of sp³-hybridized carbons (Fsp3) is 0.588. The van der Waals surface area contributed by atoms with Crippen LogP contribution in [0.5, 0.6) is 0 Å². The normalized spacial score (nSPS) is 20.1. The number of rotatable bonds is 5. The molecule has 132 valence electrons. The quantitative estimate of drug-likeness (QED) is 0.855. The van der Waals surface area contributed by atoms with Crippen LogP contribution in [-0.2, 0) is 14.8 Å². The van der Waals surface area contributed by atoms with E-state index in [1.807, 2.05) is 30.9 Å². The molecule has 0 atom stereocenters. The molecule has 0 bridgehead atoms. The van der Waals surface area contributed by atoms with Gasteiger partial charge in [0.1, 0.15) is 0 Å². The lowest BCUT2D eigenvalue weighted by Crippen LogP contribution is -2.51. The topological polar surface area (TPSA) is 69.7 Å². The van der Waals surface area contributed by atoms with E-state index in [2.05, 4.69) is 5.32 Å². The first-order chi connectivity index (χ1) is 11.4. The molecule has 7 heteroatoms. The minimum Gasteiger partial charge on any atom is -0.352 e. The molecule has 0 unspecified atom stereocenters. The highest BCUT2D eigenvalue weighted by atomic mass is 32.2. The zero-order valence-corrected chi connectivity index (χ0v) is 15.1.